The second-order valence-electron chi connectivity index (χ2n) is 9.58. The summed E-state index contributed by atoms with van der Waals surface area (Å²) in [4.78, 5) is 15.4. The first-order chi connectivity index (χ1) is 15.7. The second kappa shape index (κ2) is 10.2. The van der Waals surface area contributed by atoms with Crippen molar-refractivity contribution in [1.29, 1.82) is 10.5 Å². The zero-order valence-electron chi connectivity index (χ0n) is 19.9. The van der Waals surface area contributed by atoms with E-state index in [1.807, 2.05) is 31.7 Å². The summed E-state index contributed by atoms with van der Waals surface area (Å²) in [6.45, 7) is 7.98. The lowest BCUT2D eigenvalue weighted by molar-refractivity contribution is -0.149. The lowest BCUT2D eigenvalue weighted by Crippen LogP contribution is -2.50. The lowest BCUT2D eigenvalue weighted by Gasteiger charge is -2.43. The number of halogens is 1. The summed E-state index contributed by atoms with van der Waals surface area (Å²) in [6, 6.07) is 8.27. The Morgan fingerprint density at radius 1 is 1.30 bits per heavy atom. The summed E-state index contributed by atoms with van der Waals surface area (Å²) >= 11 is 0. The van der Waals surface area contributed by atoms with E-state index in [0.717, 1.165) is 31.4 Å². The molecule has 0 radical (unpaired) electrons. The molecule has 1 heterocycles. The van der Waals surface area contributed by atoms with Gasteiger partial charge in [0.2, 0.25) is 5.91 Å². The van der Waals surface area contributed by atoms with Crippen molar-refractivity contribution in [2.24, 2.45) is 5.92 Å². The Balaban J connectivity index is 1.72. The number of hydrogen-bond donors (Lipinski definition) is 0. The standard InChI is InChI=1S/C27H32FN3O2/c1-5-7-23(12-18(6-2)16-29)33-24-14-21(15-24)26(32)31-25(8-9-27(31,3)4)20-10-19(17-30)11-22(28)13-20/h6,10-13,21,24-25H,5,7-9,14-15H2,1-4H3/b18-6+,23-12+. The minimum Gasteiger partial charge on any atom is -0.495 e. The molecule has 2 fully saturated rings. The molecule has 0 aromatic heterocycles. The smallest absolute Gasteiger partial charge is 0.226 e. The third kappa shape index (κ3) is 5.45. The summed E-state index contributed by atoms with van der Waals surface area (Å²) in [5, 5.41) is 18.4. The van der Waals surface area contributed by atoms with Crippen LogP contribution in [0.2, 0.25) is 0 Å². The number of nitrogens with zero attached hydrogens (tertiary/aromatic N) is 3. The average molecular weight is 450 g/mol. The summed E-state index contributed by atoms with van der Waals surface area (Å²) in [5.41, 5.74) is 1.18. The van der Waals surface area contributed by atoms with E-state index in [0.29, 0.717) is 24.0 Å². The molecule has 6 heteroatoms. The Morgan fingerprint density at radius 3 is 2.64 bits per heavy atom. The minimum absolute atomic E-state index is 0.0444. The topological polar surface area (TPSA) is 77.1 Å². The highest BCUT2D eigenvalue weighted by atomic mass is 19.1. The zero-order valence-corrected chi connectivity index (χ0v) is 19.9. The number of allylic oxidation sites excluding steroid dienone is 4. The number of benzene rings is 1. The number of amides is 1. The van der Waals surface area contributed by atoms with Crippen LogP contribution >= 0.6 is 0 Å². The molecule has 0 spiro atoms. The Bertz CT molecular complexity index is 1040. The van der Waals surface area contributed by atoms with Crippen LogP contribution in [0.15, 0.2) is 41.7 Å². The first-order valence-corrected chi connectivity index (χ1v) is 11.7. The maximum atomic E-state index is 14.1. The fourth-order valence-electron chi connectivity index (χ4n) is 4.84. The molecule has 1 aromatic rings. The molecule has 1 aromatic carbocycles. The van der Waals surface area contributed by atoms with Crippen LogP contribution in [0, 0.1) is 34.4 Å². The molecule has 1 aliphatic heterocycles. The van der Waals surface area contributed by atoms with Gasteiger partial charge in [-0.1, -0.05) is 13.0 Å². The van der Waals surface area contributed by atoms with Crippen LogP contribution in [0.3, 0.4) is 0 Å². The predicted octanol–water partition coefficient (Wildman–Crippen LogP) is 6.09. The molecule has 1 amide bonds. The lowest BCUT2D eigenvalue weighted by atomic mass is 9.80. The van der Waals surface area contributed by atoms with Gasteiger partial charge in [-0.2, -0.15) is 10.5 Å². The molecular formula is C27H32FN3O2. The molecule has 5 nitrogen and oxygen atoms in total. The molecular weight excluding hydrogens is 417 g/mol. The van der Waals surface area contributed by atoms with Crippen LogP contribution in [0.1, 0.15) is 83.4 Å². The summed E-state index contributed by atoms with van der Waals surface area (Å²) < 4.78 is 20.2. The van der Waals surface area contributed by atoms with Crippen LogP contribution in [0.25, 0.3) is 0 Å². The van der Waals surface area contributed by atoms with Crippen molar-refractivity contribution < 1.29 is 13.9 Å². The average Bonchev–Trinajstić information content (AvgIpc) is 3.08. The molecule has 1 atom stereocenters. The summed E-state index contributed by atoms with van der Waals surface area (Å²) in [6.07, 6.45) is 7.97. The molecule has 1 saturated carbocycles. The van der Waals surface area contributed by atoms with Crippen molar-refractivity contribution in [3.8, 4) is 12.1 Å². The van der Waals surface area contributed by atoms with Crippen LogP contribution in [0.5, 0.6) is 0 Å². The highest BCUT2D eigenvalue weighted by molar-refractivity contribution is 5.81. The van der Waals surface area contributed by atoms with Gasteiger partial charge in [-0.15, -0.1) is 0 Å². The van der Waals surface area contributed by atoms with Crippen molar-refractivity contribution in [1.82, 2.24) is 4.90 Å². The second-order valence-corrected chi connectivity index (χ2v) is 9.58. The van der Waals surface area contributed by atoms with Gasteiger partial charge in [-0.25, -0.2) is 4.39 Å². The van der Waals surface area contributed by atoms with Crippen molar-refractivity contribution in [2.75, 3.05) is 0 Å². The van der Waals surface area contributed by atoms with Gasteiger partial charge in [0.05, 0.1) is 41.2 Å². The van der Waals surface area contributed by atoms with Gasteiger partial charge in [0.1, 0.15) is 5.82 Å². The van der Waals surface area contributed by atoms with Gasteiger partial charge in [0.25, 0.3) is 0 Å². The summed E-state index contributed by atoms with van der Waals surface area (Å²) in [7, 11) is 0. The fourth-order valence-corrected chi connectivity index (χ4v) is 4.84. The number of likely N-dealkylation sites (tertiary alicyclic amines) is 1. The molecule has 33 heavy (non-hydrogen) atoms. The predicted molar refractivity (Wildman–Crippen MR) is 124 cm³/mol. The van der Waals surface area contributed by atoms with Crippen molar-refractivity contribution in [3.63, 3.8) is 0 Å². The first-order valence-electron chi connectivity index (χ1n) is 11.7. The van der Waals surface area contributed by atoms with Gasteiger partial charge in [-0.3, -0.25) is 4.79 Å². The number of carbonyl (C=O) groups is 1. The van der Waals surface area contributed by atoms with Crippen LogP contribution < -0.4 is 0 Å². The molecule has 1 saturated heterocycles. The molecule has 1 unspecified atom stereocenters. The van der Waals surface area contributed by atoms with Gasteiger partial charge in [0.15, 0.2) is 0 Å². The number of hydrogen-bond acceptors (Lipinski definition) is 4. The molecule has 1 aliphatic carbocycles. The maximum Gasteiger partial charge on any atom is 0.226 e. The van der Waals surface area contributed by atoms with Crippen molar-refractivity contribution in [3.05, 3.63) is 58.6 Å². The largest absolute Gasteiger partial charge is 0.495 e. The van der Waals surface area contributed by atoms with Gasteiger partial charge in [-0.05, 0) is 82.7 Å². The van der Waals surface area contributed by atoms with E-state index in [-0.39, 0.29) is 35.1 Å². The van der Waals surface area contributed by atoms with Crippen molar-refractivity contribution in [2.45, 2.75) is 83.9 Å². The Hall–Kier alpha value is -3.12. The van der Waals surface area contributed by atoms with Crippen LogP contribution in [-0.4, -0.2) is 22.4 Å². The highest BCUT2D eigenvalue weighted by Gasteiger charge is 2.48. The third-order valence-corrected chi connectivity index (χ3v) is 6.68. The van der Waals surface area contributed by atoms with E-state index in [1.54, 1.807) is 18.2 Å². The number of rotatable bonds is 7. The molecule has 0 bridgehead atoms. The quantitative estimate of drug-likeness (QED) is 0.287. The number of carbonyl (C=O) groups excluding carboxylic acids is 1. The van der Waals surface area contributed by atoms with Gasteiger partial charge >= 0.3 is 0 Å². The SMILES string of the molecule is C/C=C(C#N)\C=C(/CCC)OC1CC(C(=O)N2C(c3cc(F)cc(C#N)c3)CCC2(C)C)C1. The number of nitriles is 2. The van der Waals surface area contributed by atoms with Crippen molar-refractivity contribution >= 4 is 5.91 Å². The Labute approximate surface area is 196 Å². The normalized spacial score (nSPS) is 24.6. The minimum atomic E-state index is -0.452. The highest BCUT2D eigenvalue weighted by Crippen LogP contribution is 2.46. The first kappa shape index (κ1) is 24.5. The van der Waals surface area contributed by atoms with E-state index in [9.17, 15) is 19.7 Å². The monoisotopic (exact) mass is 449 g/mol. The molecule has 2 aliphatic rings. The zero-order chi connectivity index (χ0) is 24.2. The van der Waals surface area contributed by atoms with Gasteiger partial charge < -0.3 is 9.64 Å². The van der Waals surface area contributed by atoms with E-state index >= 15 is 0 Å². The van der Waals surface area contributed by atoms with E-state index in [1.165, 1.54) is 12.1 Å². The Kier molecular flexibility index (Phi) is 7.59. The van der Waals surface area contributed by atoms with E-state index < -0.39 is 5.82 Å². The molecule has 3 rings (SSSR count). The third-order valence-electron chi connectivity index (χ3n) is 6.68. The fraction of sp³-hybridized carbons (Fsp3) is 0.519. The van der Waals surface area contributed by atoms with E-state index in [4.69, 9.17) is 4.74 Å². The summed E-state index contributed by atoms with van der Waals surface area (Å²) in [5.74, 6) is 0.258. The molecule has 0 N–H and O–H groups in total. The van der Waals surface area contributed by atoms with Gasteiger partial charge in [0, 0.05) is 17.9 Å². The Morgan fingerprint density at radius 2 is 2.03 bits per heavy atom. The van der Waals surface area contributed by atoms with Crippen LogP contribution in [-0.2, 0) is 9.53 Å². The number of ether oxygens (including phenoxy) is 1. The molecule has 174 valence electrons. The maximum absolute atomic E-state index is 14.1. The van der Waals surface area contributed by atoms with E-state index in [2.05, 4.69) is 13.0 Å². The van der Waals surface area contributed by atoms with Crippen LogP contribution in [0.4, 0.5) is 4.39 Å².